The largest absolute Gasteiger partial charge is 0.481 e. The number of hydroxylamine groups is 2. The Morgan fingerprint density at radius 1 is 0.889 bits per heavy atom. The van der Waals surface area contributed by atoms with Gasteiger partial charge in [-0.2, -0.15) is 0 Å². The van der Waals surface area contributed by atoms with Gasteiger partial charge < -0.3 is 9.84 Å². The second kappa shape index (κ2) is 12.7. The zero-order chi connectivity index (χ0) is 20.2. The van der Waals surface area contributed by atoms with Gasteiger partial charge in [0.05, 0.1) is 12.1 Å². The minimum atomic E-state index is -0.750. The van der Waals surface area contributed by atoms with Gasteiger partial charge >= 0.3 is 5.97 Å². The molecule has 1 aliphatic rings. The monoisotopic (exact) mass is 384 g/mol. The zero-order valence-corrected chi connectivity index (χ0v) is 17.9. The van der Waals surface area contributed by atoms with Gasteiger partial charge in [-0.05, 0) is 33.1 Å². The Bertz CT molecular complexity index is 413. The van der Waals surface area contributed by atoms with E-state index in [-0.39, 0.29) is 6.42 Å². The first-order valence-electron chi connectivity index (χ1n) is 11.2. The first kappa shape index (κ1) is 24.4. The van der Waals surface area contributed by atoms with E-state index < -0.39 is 17.2 Å². The van der Waals surface area contributed by atoms with Crippen LogP contribution in [0.5, 0.6) is 0 Å². The Hall–Kier alpha value is -0.650. The molecule has 0 amide bonds. The molecule has 1 fully saturated rings. The molecule has 1 unspecified atom stereocenters. The van der Waals surface area contributed by atoms with Gasteiger partial charge in [0.2, 0.25) is 0 Å². The van der Waals surface area contributed by atoms with Gasteiger partial charge in [-0.25, -0.2) is 0 Å². The molecule has 0 aromatic heterocycles. The Labute approximate surface area is 166 Å². The van der Waals surface area contributed by atoms with Crippen molar-refractivity contribution in [3.63, 3.8) is 0 Å². The van der Waals surface area contributed by atoms with Crippen molar-refractivity contribution >= 4 is 5.97 Å². The predicted octanol–water partition coefficient (Wildman–Crippen LogP) is 6.10. The van der Waals surface area contributed by atoms with Crippen LogP contribution in [-0.4, -0.2) is 34.0 Å². The molecule has 1 heterocycles. The highest BCUT2D eigenvalue weighted by atomic mass is 16.6. The molecule has 0 saturated carbocycles. The fraction of sp³-hybridized carbons (Fsp3) is 0.955. The van der Waals surface area contributed by atoms with E-state index in [1.807, 2.05) is 13.8 Å². The van der Waals surface area contributed by atoms with Crippen LogP contribution in [0.1, 0.15) is 117 Å². The third-order valence-corrected chi connectivity index (χ3v) is 5.89. The number of aliphatic carboxylic acids is 1. The maximum Gasteiger partial charge on any atom is 0.303 e. The second-order valence-corrected chi connectivity index (χ2v) is 8.79. The fourth-order valence-electron chi connectivity index (χ4n) is 4.14. The van der Waals surface area contributed by atoms with Crippen LogP contribution >= 0.6 is 0 Å². The molecule has 0 aromatic rings. The molecule has 0 aromatic carbocycles. The average Bonchev–Trinajstić information content (AvgIpc) is 2.84. The summed E-state index contributed by atoms with van der Waals surface area (Å²) in [5.74, 6) is -0.741. The van der Waals surface area contributed by atoms with Crippen LogP contribution < -0.4 is 0 Å². The summed E-state index contributed by atoms with van der Waals surface area (Å²) >= 11 is 0. The fourth-order valence-corrected chi connectivity index (χ4v) is 4.14. The molecule has 1 aliphatic heterocycles. The van der Waals surface area contributed by atoms with Crippen molar-refractivity contribution < 1.29 is 19.8 Å². The third kappa shape index (κ3) is 8.93. The normalized spacial score (nSPS) is 22.4. The van der Waals surface area contributed by atoms with Gasteiger partial charge in [-0.1, -0.05) is 77.6 Å². The van der Waals surface area contributed by atoms with Crippen molar-refractivity contribution in [2.24, 2.45) is 0 Å². The summed E-state index contributed by atoms with van der Waals surface area (Å²) in [6, 6.07) is 0. The van der Waals surface area contributed by atoms with E-state index in [0.717, 1.165) is 32.1 Å². The molecule has 1 N–H and O–H groups in total. The lowest BCUT2D eigenvalue weighted by Gasteiger charge is -2.35. The Morgan fingerprint density at radius 2 is 1.37 bits per heavy atom. The number of rotatable bonds is 16. The molecule has 5 heteroatoms. The van der Waals surface area contributed by atoms with E-state index in [1.165, 1.54) is 56.4 Å². The van der Waals surface area contributed by atoms with Crippen molar-refractivity contribution in [1.29, 1.82) is 0 Å². The molecule has 0 aliphatic carbocycles. The number of carbonyl (C=O) groups is 1. The molecule has 27 heavy (non-hydrogen) atoms. The summed E-state index contributed by atoms with van der Waals surface area (Å²) in [4.78, 5) is 10.6. The lowest BCUT2D eigenvalue weighted by molar-refractivity contribution is -0.285. The molecule has 0 spiro atoms. The molecule has 1 saturated heterocycles. The zero-order valence-electron chi connectivity index (χ0n) is 17.9. The lowest BCUT2D eigenvalue weighted by Crippen LogP contribution is -2.49. The highest BCUT2D eigenvalue weighted by molar-refractivity contribution is 5.66. The number of hydrogen-bond acceptors (Lipinski definition) is 3. The smallest absolute Gasteiger partial charge is 0.303 e. The third-order valence-electron chi connectivity index (χ3n) is 5.89. The number of carboxylic acids is 1. The van der Waals surface area contributed by atoms with Gasteiger partial charge in [-0.15, -0.1) is 10.3 Å². The van der Waals surface area contributed by atoms with Crippen molar-refractivity contribution in [2.45, 2.75) is 128 Å². The van der Waals surface area contributed by atoms with Crippen molar-refractivity contribution in [2.75, 3.05) is 6.61 Å². The Morgan fingerprint density at radius 3 is 1.81 bits per heavy atom. The molecular weight excluding hydrogens is 342 g/mol. The topological polar surface area (TPSA) is 69.7 Å². The highest BCUT2D eigenvalue weighted by Crippen LogP contribution is 2.40. The van der Waals surface area contributed by atoms with E-state index in [2.05, 4.69) is 6.92 Å². The van der Waals surface area contributed by atoms with E-state index in [1.54, 1.807) is 0 Å². The minimum Gasteiger partial charge on any atom is -0.481 e. The van der Waals surface area contributed by atoms with Crippen molar-refractivity contribution in [3.8, 4) is 0 Å². The second-order valence-electron chi connectivity index (χ2n) is 8.79. The molecule has 159 valence electrons. The molecule has 1 radical (unpaired) electrons. The predicted molar refractivity (Wildman–Crippen MR) is 108 cm³/mol. The first-order valence-corrected chi connectivity index (χ1v) is 11.2. The number of unbranched alkanes of at least 4 members (excludes halogenated alkanes) is 10. The van der Waals surface area contributed by atoms with Crippen LogP contribution in [0.3, 0.4) is 0 Å². The maximum absolute atomic E-state index is 12.9. The SMILES string of the molecule is CCCCCCCCCCCC1(CCCCCC(=O)O)COC(C)(C)N1[O]. The van der Waals surface area contributed by atoms with Gasteiger partial charge in [0.25, 0.3) is 0 Å². The maximum atomic E-state index is 12.9. The first-order chi connectivity index (χ1) is 12.8. The van der Waals surface area contributed by atoms with Crippen LogP contribution in [0.15, 0.2) is 0 Å². The Kier molecular flexibility index (Phi) is 11.5. The summed E-state index contributed by atoms with van der Waals surface area (Å²) < 4.78 is 5.82. The number of hydrogen-bond donors (Lipinski definition) is 1. The summed E-state index contributed by atoms with van der Waals surface area (Å²) in [6.45, 7) is 6.44. The number of ether oxygens (including phenoxy) is 1. The minimum absolute atomic E-state index is 0.217. The van der Waals surface area contributed by atoms with Crippen LogP contribution in [0.2, 0.25) is 0 Å². The van der Waals surface area contributed by atoms with E-state index >= 15 is 0 Å². The Balaban J connectivity index is 2.32. The van der Waals surface area contributed by atoms with Crippen molar-refractivity contribution in [1.82, 2.24) is 5.06 Å². The van der Waals surface area contributed by atoms with Crippen LogP contribution in [-0.2, 0) is 14.7 Å². The van der Waals surface area contributed by atoms with Crippen LogP contribution in [0.25, 0.3) is 0 Å². The molecule has 0 bridgehead atoms. The average molecular weight is 385 g/mol. The van der Waals surface area contributed by atoms with Crippen molar-refractivity contribution in [3.05, 3.63) is 0 Å². The van der Waals surface area contributed by atoms with Gasteiger partial charge in [0.15, 0.2) is 0 Å². The van der Waals surface area contributed by atoms with Crippen LogP contribution in [0.4, 0.5) is 0 Å². The lowest BCUT2D eigenvalue weighted by atomic mass is 9.86. The highest BCUT2D eigenvalue weighted by Gasteiger charge is 2.51. The standard InChI is InChI=1S/C22H42NO4/c1-4-5-6-7-8-9-10-11-14-17-22(18-15-12-13-16-20(24)25)19-27-21(2,3)23(22)26/h4-19H2,1-3H3,(H,24,25). The number of nitrogens with zero attached hydrogens (tertiary/aromatic N) is 1. The van der Waals surface area contributed by atoms with E-state index in [0.29, 0.717) is 13.0 Å². The quantitative estimate of drug-likeness (QED) is 0.327. The summed E-state index contributed by atoms with van der Waals surface area (Å²) in [7, 11) is 0. The summed E-state index contributed by atoms with van der Waals surface area (Å²) in [5, 5.41) is 22.8. The van der Waals surface area contributed by atoms with E-state index in [9.17, 15) is 10.0 Å². The van der Waals surface area contributed by atoms with Gasteiger partial charge in [0, 0.05) is 6.42 Å². The molecule has 1 atom stereocenters. The van der Waals surface area contributed by atoms with Gasteiger partial charge in [0.1, 0.15) is 5.72 Å². The molecule has 5 nitrogen and oxygen atoms in total. The molecular formula is C22H42NO4. The summed E-state index contributed by atoms with van der Waals surface area (Å²) in [6.07, 6.45) is 15.8. The molecule has 1 rings (SSSR count). The van der Waals surface area contributed by atoms with Crippen LogP contribution in [0, 0.1) is 0 Å². The van der Waals surface area contributed by atoms with Gasteiger partial charge in [-0.3, -0.25) is 4.79 Å². The van der Waals surface area contributed by atoms with E-state index in [4.69, 9.17) is 9.84 Å². The summed E-state index contributed by atoms with van der Waals surface area (Å²) in [5.41, 5.74) is -1.17. The number of carboxylic acid groups (broad SMARTS) is 1.